The molecule has 0 unspecified atom stereocenters. The summed E-state index contributed by atoms with van der Waals surface area (Å²) in [5.74, 6) is -0.0770. The van der Waals surface area contributed by atoms with E-state index in [1.54, 1.807) is 64.5 Å². The number of pyridine rings is 2. The molecule has 0 aromatic carbocycles. The van der Waals surface area contributed by atoms with Crippen molar-refractivity contribution in [3.05, 3.63) is 60.4 Å². The highest BCUT2D eigenvalue weighted by Gasteiger charge is 2.22. The van der Waals surface area contributed by atoms with E-state index in [-0.39, 0.29) is 5.69 Å². The summed E-state index contributed by atoms with van der Waals surface area (Å²) in [6.45, 7) is 6.51. The summed E-state index contributed by atoms with van der Waals surface area (Å²) >= 11 is 0. The van der Waals surface area contributed by atoms with Gasteiger partial charge in [-0.2, -0.15) is 5.26 Å². The molecule has 9 nitrogen and oxygen atoms in total. The molecule has 0 aliphatic rings. The summed E-state index contributed by atoms with van der Waals surface area (Å²) in [7, 11) is 0. The molecule has 0 radical (unpaired) electrons. The maximum absolute atomic E-state index is 12.5. The summed E-state index contributed by atoms with van der Waals surface area (Å²) in [6, 6.07) is 11.0. The van der Waals surface area contributed by atoms with Gasteiger partial charge >= 0.3 is 0 Å². The first kappa shape index (κ1) is 22.0. The summed E-state index contributed by atoms with van der Waals surface area (Å²) in [5.41, 5.74) is 1.68. The molecule has 33 heavy (non-hydrogen) atoms. The van der Waals surface area contributed by atoms with Gasteiger partial charge in [0, 0.05) is 35.1 Å². The van der Waals surface area contributed by atoms with Crippen LogP contribution in [-0.2, 0) is 5.60 Å². The number of aromatic nitrogens is 5. The SMILES string of the molecule is CC(C)(C#N)NC(=O)c1cccc(-c2cnc3[nH]c(-c4cnc(C(C)(C)O)nc4)cc3c2)n1. The Bertz CT molecular complexity index is 1380. The average molecular weight is 441 g/mol. The van der Waals surface area contributed by atoms with Crippen LogP contribution in [0.25, 0.3) is 33.5 Å². The minimum absolute atomic E-state index is 0.217. The van der Waals surface area contributed by atoms with E-state index in [9.17, 15) is 9.90 Å². The normalized spacial score (nSPS) is 11.9. The standard InChI is InChI=1S/C24H23N7O2/c1-23(2,13-25)31-21(32)18-7-5-6-17(29-18)15-8-14-9-19(30-20(14)26-10-15)16-11-27-22(28-12-16)24(3,4)33/h5-12,33H,1-4H3,(H,26,30)(H,31,32). The molecule has 0 spiro atoms. The number of hydrogen-bond acceptors (Lipinski definition) is 7. The van der Waals surface area contributed by atoms with Crippen molar-refractivity contribution in [3.8, 4) is 28.6 Å². The Labute approximate surface area is 190 Å². The fraction of sp³-hybridized carbons (Fsp3) is 0.250. The van der Waals surface area contributed by atoms with Gasteiger partial charge in [0.2, 0.25) is 0 Å². The molecule has 1 amide bonds. The molecule has 166 valence electrons. The molecule has 0 saturated heterocycles. The number of carbonyl (C=O) groups is 1. The van der Waals surface area contributed by atoms with Gasteiger partial charge in [-0.05, 0) is 52.0 Å². The van der Waals surface area contributed by atoms with Gasteiger partial charge in [-0.15, -0.1) is 0 Å². The van der Waals surface area contributed by atoms with Crippen molar-refractivity contribution in [2.45, 2.75) is 38.8 Å². The Kier molecular flexibility index (Phi) is 5.39. The molecule has 4 aromatic heterocycles. The lowest BCUT2D eigenvalue weighted by atomic mass is 10.1. The molecule has 3 N–H and O–H groups in total. The first-order chi connectivity index (χ1) is 15.6. The predicted molar refractivity (Wildman–Crippen MR) is 123 cm³/mol. The van der Waals surface area contributed by atoms with Crippen LogP contribution >= 0.6 is 0 Å². The first-order valence-corrected chi connectivity index (χ1v) is 10.3. The van der Waals surface area contributed by atoms with Crippen LogP contribution in [0.3, 0.4) is 0 Å². The second-order valence-corrected chi connectivity index (χ2v) is 8.80. The van der Waals surface area contributed by atoms with Gasteiger partial charge < -0.3 is 15.4 Å². The molecule has 4 rings (SSSR count). The molecule has 0 aliphatic carbocycles. The van der Waals surface area contributed by atoms with Crippen LogP contribution in [0.4, 0.5) is 0 Å². The third-order valence-electron chi connectivity index (χ3n) is 4.96. The molecule has 4 heterocycles. The third-order valence-corrected chi connectivity index (χ3v) is 4.96. The molecular weight excluding hydrogens is 418 g/mol. The van der Waals surface area contributed by atoms with Crippen LogP contribution in [0.15, 0.2) is 48.9 Å². The van der Waals surface area contributed by atoms with Gasteiger partial charge in [-0.3, -0.25) is 4.79 Å². The zero-order chi connectivity index (χ0) is 23.8. The van der Waals surface area contributed by atoms with E-state index in [0.717, 1.165) is 22.2 Å². The maximum Gasteiger partial charge on any atom is 0.271 e. The zero-order valence-electron chi connectivity index (χ0n) is 18.7. The fourth-order valence-electron chi connectivity index (χ4n) is 3.19. The molecule has 0 bridgehead atoms. The van der Waals surface area contributed by atoms with Gasteiger partial charge in [0.15, 0.2) is 5.82 Å². The van der Waals surface area contributed by atoms with Crippen molar-refractivity contribution < 1.29 is 9.90 Å². The van der Waals surface area contributed by atoms with E-state index in [1.807, 2.05) is 18.2 Å². The van der Waals surface area contributed by atoms with Crippen molar-refractivity contribution >= 4 is 16.9 Å². The van der Waals surface area contributed by atoms with Crippen molar-refractivity contribution in [1.29, 1.82) is 5.26 Å². The van der Waals surface area contributed by atoms with Gasteiger partial charge in [-0.25, -0.2) is 19.9 Å². The van der Waals surface area contributed by atoms with E-state index in [2.05, 4.69) is 30.2 Å². The minimum Gasteiger partial charge on any atom is -0.382 e. The summed E-state index contributed by atoms with van der Waals surface area (Å²) < 4.78 is 0. The quantitative estimate of drug-likeness (QED) is 0.431. The predicted octanol–water partition coefficient (Wildman–Crippen LogP) is 3.34. The van der Waals surface area contributed by atoms with Crippen LogP contribution in [0.2, 0.25) is 0 Å². The molecule has 0 fully saturated rings. The highest BCUT2D eigenvalue weighted by Crippen LogP contribution is 2.27. The first-order valence-electron chi connectivity index (χ1n) is 10.3. The number of amides is 1. The number of nitriles is 1. The molecule has 0 atom stereocenters. The zero-order valence-corrected chi connectivity index (χ0v) is 18.7. The number of aliphatic hydroxyl groups is 1. The molecule has 9 heteroatoms. The summed E-state index contributed by atoms with van der Waals surface area (Å²) in [6.07, 6.45) is 4.98. The van der Waals surface area contributed by atoms with E-state index < -0.39 is 17.0 Å². The van der Waals surface area contributed by atoms with Crippen molar-refractivity contribution in [1.82, 2.24) is 30.2 Å². The molecule has 0 aliphatic heterocycles. The van der Waals surface area contributed by atoms with Gasteiger partial charge in [0.1, 0.15) is 22.5 Å². The third kappa shape index (κ3) is 4.71. The van der Waals surface area contributed by atoms with Gasteiger partial charge in [0.05, 0.1) is 17.5 Å². The lowest BCUT2D eigenvalue weighted by Crippen LogP contribution is -2.42. The monoisotopic (exact) mass is 441 g/mol. The van der Waals surface area contributed by atoms with Gasteiger partial charge in [0.25, 0.3) is 5.91 Å². The summed E-state index contributed by atoms with van der Waals surface area (Å²) in [4.78, 5) is 33.2. The largest absolute Gasteiger partial charge is 0.382 e. The van der Waals surface area contributed by atoms with Crippen molar-refractivity contribution in [3.63, 3.8) is 0 Å². The molecular formula is C24H23N7O2. The Morgan fingerprint density at radius 1 is 1.06 bits per heavy atom. The topological polar surface area (TPSA) is 140 Å². The number of rotatable bonds is 5. The van der Waals surface area contributed by atoms with E-state index in [4.69, 9.17) is 5.26 Å². The Morgan fingerprint density at radius 2 is 1.76 bits per heavy atom. The van der Waals surface area contributed by atoms with E-state index >= 15 is 0 Å². The van der Waals surface area contributed by atoms with Crippen LogP contribution in [0.1, 0.15) is 44.0 Å². The second-order valence-electron chi connectivity index (χ2n) is 8.80. The number of fused-ring (bicyclic) bond motifs is 1. The van der Waals surface area contributed by atoms with Crippen LogP contribution in [0, 0.1) is 11.3 Å². The fourth-order valence-corrected chi connectivity index (χ4v) is 3.19. The lowest BCUT2D eigenvalue weighted by Gasteiger charge is -2.17. The Balaban J connectivity index is 1.63. The number of hydrogen-bond donors (Lipinski definition) is 3. The molecule has 0 saturated carbocycles. The highest BCUT2D eigenvalue weighted by atomic mass is 16.3. The number of aromatic amines is 1. The molecule has 4 aromatic rings. The lowest BCUT2D eigenvalue weighted by molar-refractivity contribution is 0.0687. The van der Waals surface area contributed by atoms with Crippen molar-refractivity contribution in [2.24, 2.45) is 0 Å². The second kappa shape index (κ2) is 8.07. The highest BCUT2D eigenvalue weighted by molar-refractivity contribution is 5.94. The van der Waals surface area contributed by atoms with E-state index in [1.165, 1.54) is 0 Å². The minimum atomic E-state index is -1.11. The van der Waals surface area contributed by atoms with Crippen molar-refractivity contribution in [2.75, 3.05) is 0 Å². The maximum atomic E-state index is 12.5. The average Bonchev–Trinajstić information content (AvgIpc) is 3.22. The Morgan fingerprint density at radius 3 is 2.42 bits per heavy atom. The van der Waals surface area contributed by atoms with Crippen LogP contribution < -0.4 is 5.32 Å². The summed E-state index contributed by atoms with van der Waals surface area (Å²) in [5, 5.41) is 22.7. The van der Waals surface area contributed by atoms with Crippen LogP contribution in [0.5, 0.6) is 0 Å². The number of carbonyl (C=O) groups excluding carboxylic acids is 1. The Hall–Kier alpha value is -4.16. The smallest absolute Gasteiger partial charge is 0.271 e. The number of nitrogens with zero attached hydrogens (tertiary/aromatic N) is 5. The number of nitrogens with one attached hydrogen (secondary N) is 2. The number of H-pyrrole nitrogens is 1. The van der Waals surface area contributed by atoms with E-state index in [0.29, 0.717) is 17.2 Å². The van der Waals surface area contributed by atoms with Crippen LogP contribution in [-0.4, -0.2) is 41.5 Å². The van der Waals surface area contributed by atoms with Gasteiger partial charge in [-0.1, -0.05) is 6.07 Å².